The standard InChI is InChI=1S/C34H42N2O5/c1-27(37)40-24-11-25-41-31-17-10-16-30(26-31)33(39)18-21-36(22-19-33)23-20-34(32(38)35(2)3,28-12-6-4-7-13-28)29-14-8-5-9-15-29/h4-10,12-17,26,39H,11,18-25H2,1-3H3. The Bertz CT molecular complexity index is 1230. The highest BCUT2D eigenvalue weighted by Gasteiger charge is 2.43. The van der Waals surface area contributed by atoms with Crippen LogP contribution in [0.3, 0.4) is 0 Å². The number of piperidine rings is 1. The number of ether oxygens (including phenoxy) is 2. The number of aliphatic hydroxyl groups is 1. The first kappa shape index (κ1) is 30.3. The van der Waals surface area contributed by atoms with E-state index in [4.69, 9.17) is 9.47 Å². The van der Waals surface area contributed by atoms with Crippen molar-refractivity contribution in [3.05, 3.63) is 102 Å². The first-order chi connectivity index (χ1) is 19.7. The van der Waals surface area contributed by atoms with E-state index in [9.17, 15) is 14.7 Å². The summed E-state index contributed by atoms with van der Waals surface area (Å²) in [5, 5.41) is 11.6. The minimum atomic E-state index is -0.941. The van der Waals surface area contributed by atoms with Crippen molar-refractivity contribution >= 4 is 11.9 Å². The molecule has 1 fully saturated rings. The molecule has 7 heteroatoms. The first-order valence-corrected chi connectivity index (χ1v) is 14.4. The molecule has 1 heterocycles. The van der Waals surface area contributed by atoms with Crippen LogP contribution in [0.25, 0.3) is 0 Å². The largest absolute Gasteiger partial charge is 0.493 e. The Morgan fingerprint density at radius 1 is 0.902 bits per heavy atom. The maximum absolute atomic E-state index is 13.9. The van der Waals surface area contributed by atoms with Crippen molar-refractivity contribution in [2.45, 2.75) is 43.6 Å². The van der Waals surface area contributed by atoms with E-state index in [1.54, 1.807) is 4.90 Å². The molecule has 0 aliphatic carbocycles. The van der Waals surface area contributed by atoms with Gasteiger partial charge in [0.15, 0.2) is 0 Å². The van der Waals surface area contributed by atoms with Crippen LogP contribution in [0, 0.1) is 0 Å². The van der Waals surface area contributed by atoms with Crippen LogP contribution in [0.15, 0.2) is 84.9 Å². The van der Waals surface area contributed by atoms with Gasteiger partial charge in [0.25, 0.3) is 0 Å². The fourth-order valence-electron chi connectivity index (χ4n) is 5.74. The minimum Gasteiger partial charge on any atom is -0.493 e. The summed E-state index contributed by atoms with van der Waals surface area (Å²) >= 11 is 0. The lowest BCUT2D eigenvalue weighted by Gasteiger charge is -2.41. The smallest absolute Gasteiger partial charge is 0.302 e. The number of hydrogen-bond acceptors (Lipinski definition) is 6. The fraction of sp³-hybridized carbons (Fsp3) is 0.412. The molecule has 0 aromatic heterocycles. The molecular formula is C34H42N2O5. The molecule has 0 spiro atoms. The lowest BCUT2D eigenvalue weighted by atomic mass is 9.70. The van der Waals surface area contributed by atoms with E-state index in [1.165, 1.54) is 6.92 Å². The molecule has 0 unspecified atom stereocenters. The van der Waals surface area contributed by atoms with Crippen molar-refractivity contribution in [1.29, 1.82) is 0 Å². The zero-order valence-corrected chi connectivity index (χ0v) is 24.4. The summed E-state index contributed by atoms with van der Waals surface area (Å²) in [4.78, 5) is 28.9. The highest BCUT2D eigenvalue weighted by atomic mass is 16.5. The van der Waals surface area contributed by atoms with Crippen LogP contribution in [0.1, 0.15) is 49.3 Å². The zero-order chi connectivity index (χ0) is 29.3. The Balaban J connectivity index is 1.44. The highest BCUT2D eigenvalue weighted by molar-refractivity contribution is 5.92. The van der Waals surface area contributed by atoms with Crippen LogP contribution in [-0.4, -0.2) is 73.7 Å². The van der Waals surface area contributed by atoms with Crippen LogP contribution in [0.5, 0.6) is 5.75 Å². The predicted molar refractivity (Wildman–Crippen MR) is 160 cm³/mol. The number of rotatable bonds is 12. The molecule has 3 aromatic rings. The number of carbonyl (C=O) groups is 2. The highest BCUT2D eigenvalue weighted by Crippen LogP contribution is 2.39. The molecule has 218 valence electrons. The molecule has 0 atom stereocenters. The Labute approximate surface area is 243 Å². The molecule has 4 rings (SSSR count). The predicted octanol–water partition coefficient (Wildman–Crippen LogP) is 4.77. The number of esters is 1. The number of likely N-dealkylation sites (N-methyl/N-ethyl adjacent to an activating group) is 1. The maximum Gasteiger partial charge on any atom is 0.302 e. The fourth-order valence-corrected chi connectivity index (χ4v) is 5.74. The molecule has 1 aliphatic rings. The third-order valence-electron chi connectivity index (χ3n) is 8.02. The van der Waals surface area contributed by atoms with Gasteiger partial charge in [0, 0.05) is 40.5 Å². The molecule has 41 heavy (non-hydrogen) atoms. The van der Waals surface area contributed by atoms with Crippen LogP contribution in [-0.2, 0) is 25.3 Å². The maximum atomic E-state index is 13.9. The summed E-state index contributed by atoms with van der Waals surface area (Å²) in [6, 6.07) is 27.8. The number of likely N-dealkylation sites (tertiary alicyclic amines) is 1. The Morgan fingerprint density at radius 2 is 1.51 bits per heavy atom. The monoisotopic (exact) mass is 558 g/mol. The average Bonchev–Trinajstić information content (AvgIpc) is 2.99. The van der Waals surface area contributed by atoms with Crippen LogP contribution < -0.4 is 4.74 Å². The lowest BCUT2D eigenvalue weighted by Crippen LogP contribution is -2.48. The number of carbonyl (C=O) groups excluding carboxylic acids is 2. The minimum absolute atomic E-state index is 0.0630. The summed E-state index contributed by atoms with van der Waals surface area (Å²) in [7, 11) is 3.64. The van der Waals surface area contributed by atoms with Crippen molar-refractivity contribution in [1.82, 2.24) is 9.80 Å². The van der Waals surface area contributed by atoms with E-state index in [1.807, 2.05) is 74.8 Å². The molecule has 1 aliphatic heterocycles. The van der Waals surface area contributed by atoms with E-state index in [0.29, 0.717) is 44.6 Å². The molecule has 0 radical (unpaired) electrons. The van der Waals surface area contributed by atoms with Crippen LogP contribution in [0.2, 0.25) is 0 Å². The van der Waals surface area contributed by atoms with E-state index in [-0.39, 0.29) is 11.9 Å². The second-order valence-corrected chi connectivity index (χ2v) is 11.0. The number of nitrogens with zero attached hydrogens (tertiary/aromatic N) is 2. The quantitative estimate of drug-likeness (QED) is 0.255. The molecular weight excluding hydrogens is 516 g/mol. The van der Waals surface area contributed by atoms with Crippen molar-refractivity contribution < 1.29 is 24.2 Å². The number of amides is 1. The second kappa shape index (κ2) is 13.8. The molecule has 1 saturated heterocycles. The first-order valence-electron chi connectivity index (χ1n) is 14.4. The number of benzene rings is 3. The van der Waals surface area contributed by atoms with Crippen LogP contribution >= 0.6 is 0 Å². The molecule has 0 saturated carbocycles. The Hall–Kier alpha value is -3.68. The van der Waals surface area contributed by atoms with Gasteiger partial charge in [0.2, 0.25) is 5.91 Å². The SMILES string of the molecule is CC(=O)OCCCOc1cccc(C2(O)CCN(CCC(C(=O)N(C)C)(c3ccccc3)c3ccccc3)CC2)c1. The lowest BCUT2D eigenvalue weighted by molar-refractivity contribution is -0.141. The number of hydrogen-bond donors (Lipinski definition) is 1. The summed E-state index contributed by atoms with van der Waals surface area (Å²) in [6.45, 7) is 4.32. The van der Waals surface area contributed by atoms with Gasteiger partial charge >= 0.3 is 5.97 Å². The van der Waals surface area contributed by atoms with Gasteiger partial charge in [0.05, 0.1) is 18.8 Å². The Morgan fingerprint density at radius 3 is 2.07 bits per heavy atom. The van der Waals surface area contributed by atoms with Crippen molar-refractivity contribution in [3.63, 3.8) is 0 Å². The van der Waals surface area contributed by atoms with Gasteiger partial charge < -0.3 is 24.4 Å². The van der Waals surface area contributed by atoms with Gasteiger partial charge in [-0.2, -0.15) is 0 Å². The molecule has 1 N–H and O–H groups in total. The van der Waals surface area contributed by atoms with Crippen LogP contribution in [0.4, 0.5) is 0 Å². The van der Waals surface area contributed by atoms with E-state index in [2.05, 4.69) is 29.2 Å². The van der Waals surface area contributed by atoms with Gasteiger partial charge in [-0.15, -0.1) is 0 Å². The van der Waals surface area contributed by atoms with Gasteiger partial charge in [-0.3, -0.25) is 9.59 Å². The summed E-state index contributed by atoms with van der Waals surface area (Å²) < 4.78 is 10.8. The summed E-state index contributed by atoms with van der Waals surface area (Å²) in [5.74, 6) is 0.461. The Kier molecular flexibility index (Phi) is 10.2. The molecule has 0 bridgehead atoms. The molecule has 3 aromatic carbocycles. The van der Waals surface area contributed by atoms with E-state index >= 15 is 0 Å². The third-order valence-corrected chi connectivity index (χ3v) is 8.02. The van der Waals surface area contributed by atoms with Gasteiger partial charge in [-0.25, -0.2) is 0 Å². The van der Waals surface area contributed by atoms with Gasteiger partial charge in [-0.05, 0) is 54.6 Å². The van der Waals surface area contributed by atoms with Crippen molar-refractivity contribution in [3.8, 4) is 5.75 Å². The average molecular weight is 559 g/mol. The van der Waals surface area contributed by atoms with E-state index < -0.39 is 11.0 Å². The second-order valence-electron chi connectivity index (χ2n) is 11.0. The normalized spacial score (nSPS) is 15.2. The van der Waals surface area contributed by atoms with E-state index in [0.717, 1.165) is 36.3 Å². The molecule has 7 nitrogen and oxygen atoms in total. The summed E-state index contributed by atoms with van der Waals surface area (Å²) in [6.07, 6.45) is 2.42. The third kappa shape index (κ3) is 7.34. The van der Waals surface area contributed by atoms with Gasteiger partial charge in [0.1, 0.15) is 11.2 Å². The summed E-state index contributed by atoms with van der Waals surface area (Å²) in [5.41, 5.74) is 1.08. The topological polar surface area (TPSA) is 79.3 Å². The van der Waals surface area contributed by atoms with Crippen molar-refractivity contribution in [2.75, 3.05) is 46.9 Å². The molecule has 1 amide bonds. The van der Waals surface area contributed by atoms with Crippen molar-refractivity contribution in [2.24, 2.45) is 0 Å². The van der Waals surface area contributed by atoms with Gasteiger partial charge in [-0.1, -0.05) is 72.8 Å². The zero-order valence-electron chi connectivity index (χ0n) is 24.4.